The Hall–Kier alpha value is -4.68. The first-order valence-electron chi connectivity index (χ1n) is 9.69. The average molecular weight is 452 g/mol. The van der Waals surface area contributed by atoms with Crippen LogP contribution in [0.1, 0.15) is 11.1 Å². The molecular formula is C20H20N8O5. The van der Waals surface area contributed by atoms with Crippen molar-refractivity contribution in [3.05, 3.63) is 77.1 Å². The van der Waals surface area contributed by atoms with Crippen molar-refractivity contribution in [3.8, 4) is 11.6 Å². The molecule has 3 heterocycles. The van der Waals surface area contributed by atoms with E-state index in [1.807, 2.05) is 0 Å². The van der Waals surface area contributed by atoms with Gasteiger partial charge >= 0.3 is 11.4 Å². The average Bonchev–Trinajstić information content (AvgIpc) is 3.10. The molecule has 13 nitrogen and oxygen atoms in total. The highest BCUT2D eigenvalue weighted by molar-refractivity contribution is 5.83. The van der Waals surface area contributed by atoms with Gasteiger partial charge < -0.3 is 9.67 Å². The fourth-order valence-corrected chi connectivity index (χ4v) is 3.47. The number of hydrogen-bond donors (Lipinski definition) is 3. The van der Waals surface area contributed by atoms with Gasteiger partial charge in [0.1, 0.15) is 5.56 Å². The SMILES string of the molecule is Cc1ccccc1-n1c(O)c(/C=N\Nc2nc3c(c(=O)n(C)c(=O)n3C)n2C)c(=O)[nH]c1=O. The number of imidazole rings is 1. The van der Waals surface area contributed by atoms with Crippen molar-refractivity contribution in [2.45, 2.75) is 6.92 Å². The van der Waals surface area contributed by atoms with Crippen LogP contribution >= 0.6 is 0 Å². The second-order valence-electron chi connectivity index (χ2n) is 7.36. The van der Waals surface area contributed by atoms with E-state index in [1.165, 1.54) is 23.2 Å². The van der Waals surface area contributed by atoms with Crippen LogP contribution in [0.5, 0.6) is 5.88 Å². The number of aryl methyl sites for hydroxylation is 3. The van der Waals surface area contributed by atoms with Gasteiger partial charge in [0.2, 0.25) is 11.8 Å². The van der Waals surface area contributed by atoms with Crippen LogP contribution < -0.4 is 27.9 Å². The van der Waals surface area contributed by atoms with Crippen LogP contribution in [0.25, 0.3) is 16.9 Å². The Labute approximate surface area is 184 Å². The lowest BCUT2D eigenvalue weighted by Crippen LogP contribution is -2.37. The van der Waals surface area contributed by atoms with E-state index >= 15 is 0 Å². The largest absolute Gasteiger partial charge is 0.493 e. The molecule has 0 saturated heterocycles. The van der Waals surface area contributed by atoms with Crippen LogP contribution in [-0.4, -0.2) is 39.6 Å². The maximum absolute atomic E-state index is 12.5. The first-order valence-corrected chi connectivity index (χ1v) is 9.69. The van der Waals surface area contributed by atoms with Gasteiger partial charge in [0, 0.05) is 21.1 Å². The summed E-state index contributed by atoms with van der Waals surface area (Å²) in [6.07, 6.45) is 1.03. The maximum Gasteiger partial charge on any atom is 0.335 e. The number of benzene rings is 1. The van der Waals surface area contributed by atoms with Crippen LogP contribution in [0.3, 0.4) is 0 Å². The third-order valence-electron chi connectivity index (χ3n) is 5.31. The number of rotatable bonds is 4. The smallest absolute Gasteiger partial charge is 0.335 e. The summed E-state index contributed by atoms with van der Waals surface area (Å²) in [4.78, 5) is 55.6. The molecule has 1 aromatic carbocycles. The fourth-order valence-electron chi connectivity index (χ4n) is 3.47. The fraction of sp³-hybridized carbons (Fsp3) is 0.200. The van der Waals surface area contributed by atoms with Crippen LogP contribution in [0.15, 0.2) is 48.5 Å². The molecule has 4 aromatic rings. The number of hydrogen-bond acceptors (Lipinski definition) is 8. The molecule has 3 N–H and O–H groups in total. The van der Waals surface area contributed by atoms with Gasteiger partial charge in [0.15, 0.2) is 11.2 Å². The number of para-hydroxylation sites is 1. The van der Waals surface area contributed by atoms with E-state index in [1.54, 1.807) is 38.2 Å². The lowest BCUT2D eigenvalue weighted by Gasteiger charge is -2.11. The highest BCUT2D eigenvalue weighted by Gasteiger charge is 2.18. The van der Waals surface area contributed by atoms with Gasteiger partial charge in [-0.15, -0.1) is 0 Å². The second kappa shape index (κ2) is 7.78. The van der Waals surface area contributed by atoms with Gasteiger partial charge in [-0.2, -0.15) is 10.1 Å². The number of anilines is 1. The molecule has 0 aliphatic rings. The summed E-state index contributed by atoms with van der Waals surface area (Å²) >= 11 is 0. The van der Waals surface area contributed by atoms with Gasteiger partial charge in [-0.25, -0.2) is 19.6 Å². The van der Waals surface area contributed by atoms with E-state index in [9.17, 15) is 24.3 Å². The number of aromatic amines is 1. The van der Waals surface area contributed by atoms with Crippen LogP contribution in [-0.2, 0) is 21.1 Å². The molecule has 0 spiro atoms. The van der Waals surface area contributed by atoms with E-state index in [4.69, 9.17) is 0 Å². The minimum absolute atomic E-state index is 0.114. The van der Waals surface area contributed by atoms with Gasteiger partial charge in [-0.3, -0.25) is 23.7 Å². The number of aromatic nitrogens is 6. The normalized spacial score (nSPS) is 11.5. The highest BCUT2D eigenvalue weighted by Crippen LogP contribution is 2.18. The Kier molecular flexibility index (Phi) is 5.08. The molecule has 13 heteroatoms. The van der Waals surface area contributed by atoms with Crippen molar-refractivity contribution in [2.24, 2.45) is 26.2 Å². The second-order valence-corrected chi connectivity index (χ2v) is 7.36. The molecule has 0 fully saturated rings. The summed E-state index contributed by atoms with van der Waals surface area (Å²) in [5, 5.41) is 14.6. The van der Waals surface area contributed by atoms with Crippen molar-refractivity contribution >= 4 is 23.3 Å². The Balaban J connectivity index is 1.78. The zero-order chi connectivity index (χ0) is 24.0. The van der Waals surface area contributed by atoms with E-state index in [2.05, 4.69) is 20.5 Å². The summed E-state index contributed by atoms with van der Waals surface area (Å²) in [6.45, 7) is 1.75. The van der Waals surface area contributed by atoms with E-state index < -0.39 is 28.4 Å². The number of H-pyrrole nitrogens is 1. The molecular weight excluding hydrogens is 432 g/mol. The third kappa shape index (κ3) is 3.35. The molecule has 4 rings (SSSR count). The summed E-state index contributed by atoms with van der Waals surface area (Å²) < 4.78 is 4.56. The zero-order valence-electron chi connectivity index (χ0n) is 18.2. The van der Waals surface area contributed by atoms with Gasteiger partial charge in [0.25, 0.3) is 11.1 Å². The van der Waals surface area contributed by atoms with Crippen LogP contribution in [0.2, 0.25) is 0 Å². The number of aromatic hydroxyl groups is 1. The third-order valence-corrected chi connectivity index (χ3v) is 5.31. The molecule has 3 aromatic heterocycles. The van der Waals surface area contributed by atoms with Crippen molar-refractivity contribution in [1.82, 2.24) is 28.2 Å². The number of hydrazone groups is 1. The van der Waals surface area contributed by atoms with Crippen molar-refractivity contribution in [3.63, 3.8) is 0 Å². The first kappa shape index (κ1) is 21.5. The number of nitrogens with one attached hydrogen (secondary N) is 2. The molecule has 0 radical (unpaired) electrons. The monoisotopic (exact) mass is 452 g/mol. The molecule has 33 heavy (non-hydrogen) atoms. The standard InChI is InChI=1S/C20H20N8O5/c1-10-7-5-6-8-12(10)28-16(30)11(15(29)23-19(28)32)9-21-24-18-22-14-13(25(18)2)17(31)27(4)20(33)26(14)3/h5-9,30H,1-4H3,(H,22,24)(H,23,29,32)/b21-9-. The topological polar surface area (TPSA) is 161 Å². The van der Waals surface area contributed by atoms with Crippen molar-refractivity contribution < 1.29 is 5.11 Å². The minimum Gasteiger partial charge on any atom is -0.493 e. The lowest BCUT2D eigenvalue weighted by molar-refractivity contribution is 0.430. The predicted molar refractivity (Wildman–Crippen MR) is 121 cm³/mol. The Morgan fingerprint density at radius 3 is 2.45 bits per heavy atom. The Morgan fingerprint density at radius 2 is 1.76 bits per heavy atom. The number of nitrogens with zero attached hydrogens (tertiary/aromatic N) is 6. The number of fused-ring (bicyclic) bond motifs is 1. The van der Waals surface area contributed by atoms with E-state index in [-0.39, 0.29) is 22.7 Å². The molecule has 0 saturated carbocycles. The van der Waals surface area contributed by atoms with Crippen molar-refractivity contribution in [2.75, 3.05) is 5.43 Å². The van der Waals surface area contributed by atoms with Crippen LogP contribution in [0.4, 0.5) is 5.95 Å². The van der Waals surface area contributed by atoms with Gasteiger partial charge in [-0.05, 0) is 18.6 Å². The lowest BCUT2D eigenvalue weighted by atomic mass is 10.2. The minimum atomic E-state index is -0.839. The predicted octanol–water partition coefficient (Wildman–Crippen LogP) is -0.730. The molecule has 170 valence electrons. The molecule has 0 unspecified atom stereocenters. The summed E-state index contributed by atoms with van der Waals surface area (Å²) in [7, 11) is 4.40. The van der Waals surface area contributed by atoms with Gasteiger partial charge in [0.05, 0.1) is 11.9 Å². The molecule has 0 aliphatic carbocycles. The van der Waals surface area contributed by atoms with E-state index in [0.29, 0.717) is 11.3 Å². The zero-order valence-corrected chi connectivity index (χ0v) is 18.2. The molecule has 0 amide bonds. The van der Waals surface area contributed by atoms with Crippen molar-refractivity contribution in [1.29, 1.82) is 0 Å². The highest BCUT2D eigenvalue weighted by atomic mass is 16.3. The maximum atomic E-state index is 12.5. The first-order chi connectivity index (χ1) is 15.6. The molecule has 0 aliphatic heterocycles. The van der Waals surface area contributed by atoms with Gasteiger partial charge in [-0.1, -0.05) is 18.2 Å². The van der Waals surface area contributed by atoms with Crippen LogP contribution in [0, 0.1) is 6.92 Å². The summed E-state index contributed by atoms with van der Waals surface area (Å²) in [5.74, 6) is -0.479. The summed E-state index contributed by atoms with van der Waals surface area (Å²) in [5.41, 5.74) is 1.04. The Bertz CT molecular complexity index is 1680. The molecule has 0 bridgehead atoms. The Morgan fingerprint density at radius 1 is 1.06 bits per heavy atom. The summed E-state index contributed by atoms with van der Waals surface area (Å²) in [6, 6.07) is 6.85. The molecule has 0 atom stereocenters. The van der Waals surface area contributed by atoms with E-state index in [0.717, 1.165) is 15.3 Å². The quantitative estimate of drug-likeness (QED) is 0.272.